The summed E-state index contributed by atoms with van der Waals surface area (Å²) in [5.74, 6) is 0.332. The monoisotopic (exact) mass is 347 g/mol. The number of carbonyl (C=O) groups excluding carboxylic acids is 2. The largest absolute Gasteiger partial charge is 0.491 e. The minimum Gasteiger partial charge on any atom is -0.491 e. The molecule has 0 saturated carbocycles. The van der Waals surface area contributed by atoms with Crippen molar-refractivity contribution in [2.45, 2.75) is 52.2 Å². The van der Waals surface area contributed by atoms with E-state index in [9.17, 15) is 9.59 Å². The molecule has 3 N–H and O–H groups in total. The molecule has 0 aliphatic carbocycles. The number of aryl methyl sites for hydroxylation is 1. The third-order valence-electron chi connectivity index (χ3n) is 4.41. The highest BCUT2D eigenvalue weighted by molar-refractivity contribution is 5.80. The maximum absolute atomic E-state index is 12.2. The number of ether oxygens (including phenoxy) is 1. The summed E-state index contributed by atoms with van der Waals surface area (Å²) in [5.41, 5.74) is 6.52. The van der Waals surface area contributed by atoms with Crippen molar-refractivity contribution in [1.82, 2.24) is 10.2 Å². The lowest BCUT2D eigenvalue weighted by Crippen LogP contribution is -2.43. The first-order chi connectivity index (χ1) is 11.8. The number of nitrogens with two attached hydrogens (primary N) is 1. The number of amides is 3. The van der Waals surface area contributed by atoms with Crippen LogP contribution in [0, 0.1) is 5.92 Å². The molecule has 1 aliphatic heterocycles. The zero-order valence-corrected chi connectivity index (χ0v) is 15.3. The number of benzene rings is 1. The molecule has 1 fully saturated rings. The fraction of sp³-hybridized carbons (Fsp3) is 0.579. The van der Waals surface area contributed by atoms with Gasteiger partial charge in [-0.15, -0.1) is 0 Å². The Kier molecular flexibility index (Phi) is 6.67. The van der Waals surface area contributed by atoms with E-state index in [0.29, 0.717) is 19.5 Å². The molecule has 2 rings (SSSR count). The number of hydrogen-bond acceptors (Lipinski definition) is 3. The first-order valence-corrected chi connectivity index (χ1v) is 8.95. The van der Waals surface area contributed by atoms with Crippen LogP contribution in [0.3, 0.4) is 0 Å². The average molecular weight is 347 g/mol. The standard InChI is InChI=1S/C19H29N3O3/c1-13(2)25-17-8-6-15(7-9-17)5-4-14(3)21-19(24)22-11-10-16(12-22)18(20)23/h6-9,13-14,16H,4-5,10-12H2,1-3H3,(H2,20,23)(H,21,24). The van der Waals surface area contributed by atoms with E-state index < -0.39 is 0 Å². The fourth-order valence-electron chi connectivity index (χ4n) is 2.94. The van der Waals surface area contributed by atoms with Crippen LogP contribution in [0.4, 0.5) is 4.79 Å². The van der Waals surface area contributed by atoms with Gasteiger partial charge in [0.05, 0.1) is 12.0 Å². The third kappa shape index (κ3) is 5.96. The molecule has 1 saturated heterocycles. The number of primary amides is 1. The number of hydrogen-bond donors (Lipinski definition) is 2. The van der Waals surface area contributed by atoms with Gasteiger partial charge in [0.1, 0.15) is 5.75 Å². The summed E-state index contributed by atoms with van der Waals surface area (Å²) in [4.78, 5) is 25.1. The lowest BCUT2D eigenvalue weighted by Gasteiger charge is -2.21. The summed E-state index contributed by atoms with van der Waals surface area (Å²) in [7, 11) is 0. The van der Waals surface area contributed by atoms with Crippen molar-refractivity contribution < 1.29 is 14.3 Å². The summed E-state index contributed by atoms with van der Waals surface area (Å²) in [5, 5.41) is 3.00. The van der Waals surface area contributed by atoms with Gasteiger partial charge in [-0.05, 0) is 57.7 Å². The molecule has 25 heavy (non-hydrogen) atoms. The van der Waals surface area contributed by atoms with Crippen LogP contribution in [-0.4, -0.2) is 42.1 Å². The molecule has 6 heteroatoms. The van der Waals surface area contributed by atoms with Crippen molar-refractivity contribution >= 4 is 11.9 Å². The van der Waals surface area contributed by atoms with E-state index in [1.54, 1.807) is 4.90 Å². The van der Waals surface area contributed by atoms with Gasteiger partial charge in [-0.1, -0.05) is 12.1 Å². The molecule has 0 spiro atoms. The molecule has 1 aromatic rings. The van der Waals surface area contributed by atoms with Crippen LogP contribution < -0.4 is 15.8 Å². The summed E-state index contributed by atoms with van der Waals surface area (Å²) < 4.78 is 5.63. The predicted molar refractivity (Wildman–Crippen MR) is 97.4 cm³/mol. The zero-order chi connectivity index (χ0) is 18.4. The van der Waals surface area contributed by atoms with Gasteiger partial charge in [-0.2, -0.15) is 0 Å². The van der Waals surface area contributed by atoms with E-state index in [0.717, 1.165) is 18.6 Å². The van der Waals surface area contributed by atoms with Crippen LogP contribution >= 0.6 is 0 Å². The van der Waals surface area contributed by atoms with Gasteiger partial charge >= 0.3 is 6.03 Å². The van der Waals surface area contributed by atoms with Gasteiger partial charge in [0.25, 0.3) is 0 Å². The van der Waals surface area contributed by atoms with Crippen molar-refractivity contribution in [1.29, 1.82) is 0 Å². The highest BCUT2D eigenvalue weighted by atomic mass is 16.5. The Hall–Kier alpha value is -2.24. The lowest BCUT2D eigenvalue weighted by molar-refractivity contribution is -0.121. The van der Waals surface area contributed by atoms with Crippen LogP contribution in [0.15, 0.2) is 24.3 Å². The number of nitrogens with one attached hydrogen (secondary N) is 1. The second-order valence-electron chi connectivity index (χ2n) is 7.03. The number of rotatable bonds is 7. The molecule has 0 radical (unpaired) electrons. The van der Waals surface area contributed by atoms with Gasteiger partial charge in [0, 0.05) is 19.1 Å². The summed E-state index contributed by atoms with van der Waals surface area (Å²) in [6.07, 6.45) is 2.55. The highest BCUT2D eigenvalue weighted by Gasteiger charge is 2.29. The predicted octanol–water partition coefficient (Wildman–Crippen LogP) is 2.31. The topological polar surface area (TPSA) is 84.7 Å². The molecule has 138 valence electrons. The smallest absolute Gasteiger partial charge is 0.317 e. The van der Waals surface area contributed by atoms with E-state index in [4.69, 9.17) is 10.5 Å². The number of carbonyl (C=O) groups is 2. The van der Waals surface area contributed by atoms with Crippen molar-refractivity contribution in [2.24, 2.45) is 11.7 Å². The van der Waals surface area contributed by atoms with E-state index >= 15 is 0 Å². The molecule has 2 unspecified atom stereocenters. The summed E-state index contributed by atoms with van der Waals surface area (Å²) >= 11 is 0. The lowest BCUT2D eigenvalue weighted by atomic mass is 10.1. The van der Waals surface area contributed by atoms with Crippen LogP contribution in [0.25, 0.3) is 0 Å². The molecule has 2 atom stereocenters. The Balaban J connectivity index is 1.74. The van der Waals surface area contributed by atoms with Gasteiger partial charge in [-0.3, -0.25) is 4.79 Å². The average Bonchev–Trinajstić information content (AvgIpc) is 3.04. The maximum Gasteiger partial charge on any atom is 0.317 e. The van der Waals surface area contributed by atoms with Gasteiger partial charge in [-0.25, -0.2) is 4.79 Å². The first kappa shape index (κ1) is 19.1. The van der Waals surface area contributed by atoms with E-state index in [1.807, 2.05) is 32.9 Å². The Labute approximate surface area is 149 Å². The molecule has 1 aliphatic rings. The maximum atomic E-state index is 12.2. The summed E-state index contributed by atoms with van der Waals surface area (Å²) in [6, 6.07) is 8.03. The molecule has 3 amide bonds. The van der Waals surface area contributed by atoms with Crippen LogP contribution in [0.2, 0.25) is 0 Å². The Bertz CT molecular complexity index is 586. The van der Waals surface area contributed by atoms with Crippen LogP contribution in [0.1, 0.15) is 39.2 Å². The van der Waals surface area contributed by atoms with Crippen molar-refractivity contribution in [2.75, 3.05) is 13.1 Å². The minimum atomic E-state index is -0.326. The molecule has 1 heterocycles. The molecule has 1 aromatic carbocycles. The van der Waals surface area contributed by atoms with Crippen molar-refractivity contribution in [3.63, 3.8) is 0 Å². The van der Waals surface area contributed by atoms with Crippen LogP contribution in [0.5, 0.6) is 5.75 Å². The van der Waals surface area contributed by atoms with Gasteiger partial charge < -0.3 is 20.7 Å². The second kappa shape index (κ2) is 8.74. The molecular formula is C19H29N3O3. The number of likely N-dealkylation sites (tertiary alicyclic amines) is 1. The van der Waals surface area contributed by atoms with Crippen molar-refractivity contribution in [3.8, 4) is 5.75 Å². The fourth-order valence-corrected chi connectivity index (χ4v) is 2.94. The Morgan fingerprint density at radius 1 is 1.28 bits per heavy atom. The zero-order valence-electron chi connectivity index (χ0n) is 15.3. The molecular weight excluding hydrogens is 318 g/mol. The van der Waals surface area contributed by atoms with Crippen LogP contribution in [-0.2, 0) is 11.2 Å². The van der Waals surface area contributed by atoms with Crippen molar-refractivity contribution in [3.05, 3.63) is 29.8 Å². The Morgan fingerprint density at radius 3 is 2.52 bits per heavy atom. The van der Waals surface area contributed by atoms with E-state index in [-0.39, 0.29) is 30.0 Å². The third-order valence-corrected chi connectivity index (χ3v) is 4.41. The minimum absolute atomic E-state index is 0.0618. The molecule has 0 aromatic heterocycles. The Morgan fingerprint density at radius 2 is 1.96 bits per heavy atom. The number of nitrogens with zero attached hydrogens (tertiary/aromatic N) is 1. The highest BCUT2D eigenvalue weighted by Crippen LogP contribution is 2.17. The molecule has 6 nitrogen and oxygen atoms in total. The van der Waals surface area contributed by atoms with E-state index in [2.05, 4.69) is 17.4 Å². The second-order valence-corrected chi connectivity index (χ2v) is 7.03. The molecule has 0 bridgehead atoms. The SMILES string of the molecule is CC(CCc1ccc(OC(C)C)cc1)NC(=O)N1CCC(C(N)=O)C1. The first-order valence-electron chi connectivity index (χ1n) is 8.95. The normalized spacial score (nSPS) is 18.2. The number of urea groups is 1. The van der Waals surface area contributed by atoms with E-state index in [1.165, 1.54) is 5.56 Å². The quantitative estimate of drug-likeness (QED) is 0.794. The van der Waals surface area contributed by atoms with Gasteiger partial charge in [0.15, 0.2) is 0 Å². The summed E-state index contributed by atoms with van der Waals surface area (Å²) in [6.45, 7) is 7.01. The van der Waals surface area contributed by atoms with Gasteiger partial charge in [0.2, 0.25) is 5.91 Å².